The largest absolute Gasteiger partial charge is 0.481 e. The van der Waals surface area contributed by atoms with Crippen LogP contribution < -0.4 is 4.72 Å². The molecule has 0 radical (unpaired) electrons. The van der Waals surface area contributed by atoms with E-state index in [1.807, 2.05) is 19.9 Å². The van der Waals surface area contributed by atoms with Crippen molar-refractivity contribution in [1.29, 1.82) is 0 Å². The quantitative estimate of drug-likeness (QED) is 0.800. The summed E-state index contributed by atoms with van der Waals surface area (Å²) in [5.74, 6) is -1.13. The molecular formula is C11H17NO4S2. The second-order valence-electron chi connectivity index (χ2n) is 4.09. The fraction of sp³-hybridized carbons (Fsp3) is 0.545. The highest BCUT2D eigenvalue weighted by atomic mass is 32.2. The molecule has 0 unspecified atom stereocenters. The summed E-state index contributed by atoms with van der Waals surface area (Å²) in [7, 11) is -3.39. The van der Waals surface area contributed by atoms with E-state index >= 15 is 0 Å². The van der Waals surface area contributed by atoms with E-state index in [0.29, 0.717) is 0 Å². The van der Waals surface area contributed by atoms with Crippen LogP contribution in [0.15, 0.2) is 6.07 Å². The lowest BCUT2D eigenvalue weighted by atomic mass is 10.3. The minimum absolute atomic E-state index is 0.127. The van der Waals surface area contributed by atoms with Gasteiger partial charge in [0.2, 0.25) is 10.0 Å². The summed E-state index contributed by atoms with van der Waals surface area (Å²) in [4.78, 5) is 12.4. The SMILES string of the molecule is Cc1cc(CNS(=O)(=O)CCCC(=O)O)sc1C. The predicted molar refractivity (Wildman–Crippen MR) is 71.3 cm³/mol. The smallest absolute Gasteiger partial charge is 0.303 e. The van der Waals surface area contributed by atoms with Gasteiger partial charge in [-0.05, 0) is 31.9 Å². The van der Waals surface area contributed by atoms with E-state index in [-0.39, 0.29) is 25.1 Å². The van der Waals surface area contributed by atoms with E-state index in [1.165, 1.54) is 4.88 Å². The van der Waals surface area contributed by atoms with Gasteiger partial charge < -0.3 is 5.11 Å². The van der Waals surface area contributed by atoms with Crippen LogP contribution >= 0.6 is 11.3 Å². The highest BCUT2D eigenvalue weighted by molar-refractivity contribution is 7.89. The van der Waals surface area contributed by atoms with Gasteiger partial charge in [-0.3, -0.25) is 4.79 Å². The molecule has 0 aromatic carbocycles. The zero-order valence-corrected chi connectivity index (χ0v) is 12.0. The molecule has 1 aromatic heterocycles. The van der Waals surface area contributed by atoms with Crippen molar-refractivity contribution in [2.75, 3.05) is 5.75 Å². The van der Waals surface area contributed by atoms with Crippen molar-refractivity contribution < 1.29 is 18.3 Å². The van der Waals surface area contributed by atoms with Crippen LogP contribution in [0.1, 0.15) is 28.2 Å². The number of hydrogen-bond donors (Lipinski definition) is 2. The number of nitrogens with one attached hydrogen (secondary N) is 1. The maximum atomic E-state index is 11.6. The summed E-state index contributed by atoms with van der Waals surface area (Å²) in [6, 6.07) is 1.96. The number of rotatable bonds is 7. The number of aryl methyl sites for hydroxylation is 2. The fourth-order valence-electron chi connectivity index (χ4n) is 1.40. The van der Waals surface area contributed by atoms with Crippen LogP contribution in [0.3, 0.4) is 0 Å². The first-order valence-corrected chi connectivity index (χ1v) is 8.02. The van der Waals surface area contributed by atoms with E-state index in [9.17, 15) is 13.2 Å². The number of hydrogen-bond acceptors (Lipinski definition) is 4. The summed E-state index contributed by atoms with van der Waals surface area (Å²) in [6.45, 7) is 4.25. The lowest BCUT2D eigenvalue weighted by Gasteiger charge is -2.04. The molecule has 0 amide bonds. The molecule has 0 aliphatic heterocycles. The molecule has 0 saturated carbocycles. The molecule has 0 aliphatic carbocycles. The van der Waals surface area contributed by atoms with E-state index in [1.54, 1.807) is 11.3 Å². The monoisotopic (exact) mass is 291 g/mol. The molecule has 18 heavy (non-hydrogen) atoms. The van der Waals surface area contributed by atoms with Crippen LogP contribution in [0.2, 0.25) is 0 Å². The molecule has 0 fully saturated rings. The fourth-order valence-corrected chi connectivity index (χ4v) is 3.53. The van der Waals surface area contributed by atoms with E-state index in [2.05, 4.69) is 4.72 Å². The van der Waals surface area contributed by atoms with Crippen LogP contribution in [0, 0.1) is 13.8 Å². The van der Waals surface area contributed by atoms with Crippen LogP contribution in [0.5, 0.6) is 0 Å². The number of carboxylic acid groups (broad SMARTS) is 1. The molecule has 0 aliphatic rings. The van der Waals surface area contributed by atoms with Gasteiger partial charge in [0.25, 0.3) is 0 Å². The molecule has 0 saturated heterocycles. The molecule has 5 nitrogen and oxygen atoms in total. The lowest BCUT2D eigenvalue weighted by Crippen LogP contribution is -2.25. The molecule has 1 rings (SSSR count). The van der Waals surface area contributed by atoms with E-state index in [0.717, 1.165) is 10.4 Å². The van der Waals surface area contributed by atoms with Crippen molar-refractivity contribution in [3.8, 4) is 0 Å². The Morgan fingerprint density at radius 2 is 2.11 bits per heavy atom. The Balaban J connectivity index is 2.44. The molecular weight excluding hydrogens is 274 g/mol. The van der Waals surface area contributed by atoms with Gasteiger partial charge in [-0.15, -0.1) is 11.3 Å². The first-order chi connectivity index (χ1) is 8.30. The Hall–Kier alpha value is -0.920. The molecule has 102 valence electrons. The second kappa shape index (κ2) is 6.31. The van der Waals surface area contributed by atoms with E-state index < -0.39 is 16.0 Å². The van der Waals surface area contributed by atoms with Gasteiger partial charge >= 0.3 is 5.97 Å². The zero-order valence-electron chi connectivity index (χ0n) is 10.4. The maximum absolute atomic E-state index is 11.6. The van der Waals surface area contributed by atoms with Crippen molar-refractivity contribution in [2.45, 2.75) is 33.2 Å². The van der Waals surface area contributed by atoms with Crippen LogP contribution in [0.4, 0.5) is 0 Å². The highest BCUT2D eigenvalue weighted by Crippen LogP contribution is 2.20. The van der Waals surface area contributed by atoms with E-state index in [4.69, 9.17) is 5.11 Å². The normalized spacial score (nSPS) is 11.7. The van der Waals surface area contributed by atoms with Crippen molar-refractivity contribution >= 4 is 27.3 Å². The maximum Gasteiger partial charge on any atom is 0.303 e. The van der Waals surface area contributed by atoms with Gasteiger partial charge in [0.05, 0.1) is 5.75 Å². The van der Waals surface area contributed by atoms with Gasteiger partial charge in [-0.25, -0.2) is 13.1 Å². The minimum atomic E-state index is -3.39. The Labute approximate surface area is 111 Å². The molecule has 0 atom stereocenters. The summed E-state index contributed by atoms with van der Waals surface area (Å²) in [6.07, 6.45) is 0.00525. The van der Waals surface area contributed by atoms with Gasteiger partial charge in [0.1, 0.15) is 0 Å². The third-order valence-corrected chi connectivity index (χ3v) is 5.05. The Kier molecular flexibility index (Phi) is 5.30. The predicted octanol–water partition coefficient (Wildman–Crippen LogP) is 1.65. The number of carbonyl (C=O) groups is 1. The minimum Gasteiger partial charge on any atom is -0.481 e. The third-order valence-electron chi connectivity index (χ3n) is 2.49. The molecule has 7 heteroatoms. The average Bonchev–Trinajstić information content (AvgIpc) is 2.55. The Bertz CT molecular complexity index is 500. The summed E-state index contributed by atoms with van der Waals surface area (Å²) < 4.78 is 25.6. The molecule has 1 aromatic rings. The summed E-state index contributed by atoms with van der Waals surface area (Å²) >= 11 is 1.56. The summed E-state index contributed by atoms with van der Waals surface area (Å²) in [5, 5.41) is 8.44. The van der Waals surface area contributed by atoms with Crippen molar-refractivity contribution in [1.82, 2.24) is 4.72 Å². The molecule has 2 N–H and O–H groups in total. The van der Waals surface area contributed by atoms with Crippen LogP contribution in [-0.4, -0.2) is 25.2 Å². The van der Waals surface area contributed by atoms with Gasteiger partial charge in [-0.2, -0.15) is 0 Å². The number of aliphatic carboxylic acids is 1. The van der Waals surface area contributed by atoms with Gasteiger partial charge in [-0.1, -0.05) is 0 Å². The van der Waals surface area contributed by atoms with Crippen LogP contribution in [-0.2, 0) is 21.4 Å². The van der Waals surface area contributed by atoms with Crippen molar-refractivity contribution in [2.24, 2.45) is 0 Å². The van der Waals surface area contributed by atoms with Crippen LogP contribution in [0.25, 0.3) is 0 Å². The molecule has 1 heterocycles. The van der Waals surface area contributed by atoms with Gasteiger partial charge in [0, 0.05) is 22.7 Å². The first kappa shape index (κ1) is 15.1. The van der Waals surface area contributed by atoms with Crippen molar-refractivity contribution in [3.63, 3.8) is 0 Å². The standard InChI is InChI=1S/C11H17NO4S2/c1-8-6-10(17-9(8)2)7-12-18(15,16)5-3-4-11(13)14/h6,12H,3-5,7H2,1-2H3,(H,13,14). The van der Waals surface area contributed by atoms with Crippen molar-refractivity contribution in [3.05, 3.63) is 21.4 Å². The number of sulfonamides is 1. The Morgan fingerprint density at radius 1 is 1.44 bits per heavy atom. The average molecular weight is 291 g/mol. The zero-order chi connectivity index (χ0) is 13.8. The highest BCUT2D eigenvalue weighted by Gasteiger charge is 2.12. The Morgan fingerprint density at radius 3 is 2.61 bits per heavy atom. The second-order valence-corrected chi connectivity index (χ2v) is 7.36. The lowest BCUT2D eigenvalue weighted by molar-refractivity contribution is -0.137. The van der Waals surface area contributed by atoms with Gasteiger partial charge in [0.15, 0.2) is 0 Å². The number of carboxylic acids is 1. The molecule has 0 spiro atoms. The topological polar surface area (TPSA) is 83.5 Å². The number of thiophene rings is 1. The molecule has 0 bridgehead atoms. The first-order valence-electron chi connectivity index (χ1n) is 5.55. The summed E-state index contributed by atoms with van der Waals surface area (Å²) in [5.41, 5.74) is 1.15. The third kappa shape index (κ3) is 5.16.